The molecule has 1 aliphatic heterocycles. The van der Waals surface area contributed by atoms with Crippen molar-refractivity contribution in [3.8, 4) is 0 Å². The summed E-state index contributed by atoms with van der Waals surface area (Å²) in [5.41, 5.74) is 1.03. The fourth-order valence-electron chi connectivity index (χ4n) is 2.39. The standard InChI is InChI=1S/C15H23NO2S/c1-15(2,3)18-14(17)16-7-4-12(5-8-16)10-13-6-9-19-11-13/h6,9,11-12H,4-5,7-8,10H2,1-3H3. The Hall–Kier alpha value is -1.03. The molecule has 0 radical (unpaired) electrons. The van der Waals surface area contributed by atoms with E-state index < -0.39 is 5.60 Å². The molecule has 19 heavy (non-hydrogen) atoms. The quantitative estimate of drug-likeness (QED) is 0.822. The molecular formula is C15H23NO2S. The van der Waals surface area contributed by atoms with Gasteiger partial charge in [-0.15, -0.1) is 0 Å². The molecule has 1 aliphatic rings. The minimum Gasteiger partial charge on any atom is -0.444 e. The summed E-state index contributed by atoms with van der Waals surface area (Å²) in [6.45, 7) is 7.38. The summed E-state index contributed by atoms with van der Waals surface area (Å²) in [4.78, 5) is 13.8. The molecule has 106 valence electrons. The maximum absolute atomic E-state index is 11.9. The van der Waals surface area contributed by atoms with Crippen LogP contribution in [0, 0.1) is 5.92 Å². The molecule has 2 rings (SSSR count). The lowest BCUT2D eigenvalue weighted by Gasteiger charge is -2.33. The first kappa shape index (κ1) is 14.4. The van der Waals surface area contributed by atoms with Gasteiger partial charge in [-0.25, -0.2) is 4.79 Å². The molecule has 0 aromatic carbocycles. The van der Waals surface area contributed by atoms with Crippen molar-refractivity contribution in [2.24, 2.45) is 5.92 Å². The smallest absolute Gasteiger partial charge is 0.410 e. The van der Waals surface area contributed by atoms with E-state index in [1.54, 1.807) is 11.3 Å². The van der Waals surface area contributed by atoms with Gasteiger partial charge in [0.05, 0.1) is 0 Å². The second-order valence-corrected chi connectivity index (χ2v) is 7.03. The van der Waals surface area contributed by atoms with Crippen molar-refractivity contribution in [3.63, 3.8) is 0 Å². The summed E-state index contributed by atoms with van der Waals surface area (Å²) in [7, 11) is 0. The van der Waals surface area contributed by atoms with Gasteiger partial charge < -0.3 is 9.64 Å². The van der Waals surface area contributed by atoms with Crippen molar-refractivity contribution < 1.29 is 9.53 Å². The lowest BCUT2D eigenvalue weighted by Crippen LogP contribution is -2.42. The molecular weight excluding hydrogens is 258 g/mol. The predicted molar refractivity (Wildman–Crippen MR) is 78.6 cm³/mol. The Balaban J connectivity index is 1.77. The molecule has 0 spiro atoms. The van der Waals surface area contributed by atoms with Crippen LogP contribution in [-0.2, 0) is 11.2 Å². The van der Waals surface area contributed by atoms with Crippen molar-refractivity contribution in [1.82, 2.24) is 4.90 Å². The Morgan fingerprint density at radius 3 is 2.63 bits per heavy atom. The van der Waals surface area contributed by atoms with Crippen molar-refractivity contribution >= 4 is 17.4 Å². The van der Waals surface area contributed by atoms with Crippen LogP contribution in [0.5, 0.6) is 0 Å². The van der Waals surface area contributed by atoms with Crippen LogP contribution in [0.25, 0.3) is 0 Å². The number of likely N-dealkylation sites (tertiary alicyclic amines) is 1. The van der Waals surface area contributed by atoms with E-state index in [1.807, 2.05) is 25.7 Å². The van der Waals surface area contributed by atoms with E-state index in [0.717, 1.165) is 32.4 Å². The van der Waals surface area contributed by atoms with E-state index in [2.05, 4.69) is 16.8 Å². The molecule has 0 aliphatic carbocycles. The second kappa shape index (κ2) is 5.95. The third-order valence-electron chi connectivity index (χ3n) is 3.37. The number of nitrogens with zero attached hydrogens (tertiary/aromatic N) is 1. The maximum atomic E-state index is 11.9. The Labute approximate surface area is 119 Å². The van der Waals surface area contributed by atoms with Crippen molar-refractivity contribution in [2.75, 3.05) is 13.1 Å². The Morgan fingerprint density at radius 1 is 1.42 bits per heavy atom. The minimum atomic E-state index is -0.398. The maximum Gasteiger partial charge on any atom is 0.410 e. The van der Waals surface area contributed by atoms with Crippen molar-refractivity contribution in [1.29, 1.82) is 0 Å². The van der Waals surface area contributed by atoms with Gasteiger partial charge in [0.2, 0.25) is 0 Å². The Bertz CT molecular complexity index is 400. The molecule has 1 aromatic rings. The molecule has 1 aromatic heterocycles. The largest absolute Gasteiger partial charge is 0.444 e. The van der Waals surface area contributed by atoms with Gasteiger partial charge in [-0.1, -0.05) is 0 Å². The number of hydrogen-bond acceptors (Lipinski definition) is 3. The predicted octanol–water partition coefficient (Wildman–Crippen LogP) is 3.94. The topological polar surface area (TPSA) is 29.5 Å². The normalized spacial score (nSPS) is 17.5. The number of carbonyl (C=O) groups excluding carboxylic acids is 1. The average Bonchev–Trinajstić information content (AvgIpc) is 2.80. The van der Waals surface area contributed by atoms with Gasteiger partial charge in [0.15, 0.2) is 0 Å². The van der Waals surface area contributed by atoms with E-state index in [1.165, 1.54) is 5.56 Å². The summed E-state index contributed by atoms with van der Waals surface area (Å²) in [6.07, 6.45) is 3.14. The summed E-state index contributed by atoms with van der Waals surface area (Å²) >= 11 is 1.76. The molecule has 0 bridgehead atoms. The van der Waals surface area contributed by atoms with Crippen LogP contribution in [0.3, 0.4) is 0 Å². The number of ether oxygens (including phenoxy) is 1. The Morgan fingerprint density at radius 2 is 2.11 bits per heavy atom. The molecule has 0 unspecified atom stereocenters. The lowest BCUT2D eigenvalue weighted by atomic mass is 9.91. The van der Waals surface area contributed by atoms with Gasteiger partial charge >= 0.3 is 6.09 Å². The summed E-state index contributed by atoms with van der Waals surface area (Å²) in [6, 6.07) is 2.20. The highest BCUT2D eigenvalue weighted by Gasteiger charge is 2.26. The van der Waals surface area contributed by atoms with E-state index in [0.29, 0.717) is 5.92 Å². The van der Waals surface area contributed by atoms with Crippen LogP contribution in [0.1, 0.15) is 39.2 Å². The first-order chi connectivity index (χ1) is 8.94. The Kier molecular flexibility index (Phi) is 4.50. The third-order valence-corrected chi connectivity index (χ3v) is 4.10. The number of rotatable bonds is 2. The number of carbonyl (C=O) groups is 1. The van der Waals surface area contributed by atoms with Crippen LogP contribution in [0.4, 0.5) is 4.79 Å². The summed E-state index contributed by atoms with van der Waals surface area (Å²) in [5.74, 6) is 0.702. The minimum absolute atomic E-state index is 0.165. The fourth-order valence-corrected chi connectivity index (χ4v) is 3.07. The van der Waals surface area contributed by atoms with Crippen LogP contribution >= 0.6 is 11.3 Å². The highest BCUT2D eigenvalue weighted by molar-refractivity contribution is 7.07. The van der Waals surface area contributed by atoms with Gasteiger partial charge in [-0.05, 0) is 68.3 Å². The zero-order valence-corrected chi connectivity index (χ0v) is 12.8. The fraction of sp³-hybridized carbons (Fsp3) is 0.667. The van der Waals surface area contributed by atoms with Crippen molar-refractivity contribution in [2.45, 2.75) is 45.6 Å². The van der Waals surface area contributed by atoms with Crippen LogP contribution < -0.4 is 0 Å². The third kappa shape index (κ3) is 4.53. The number of piperidine rings is 1. The van der Waals surface area contributed by atoms with Crippen LogP contribution in [0.2, 0.25) is 0 Å². The average molecular weight is 281 g/mol. The molecule has 1 saturated heterocycles. The summed E-state index contributed by atoms with van der Waals surface area (Å²) in [5, 5.41) is 4.35. The first-order valence-electron chi connectivity index (χ1n) is 6.93. The molecule has 2 heterocycles. The van der Waals surface area contributed by atoms with Crippen LogP contribution in [0.15, 0.2) is 16.8 Å². The van der Waals surface area contributed by atoms with Gasteiger partial charge in [-0.2, -0.15) is 11.3 Å². The van der Waals surface area contributed by atoms with Crippen molar-refractivity contribution in [3.05, 3.63) is 22.4 Å². The van der Waals surface area contributed by atoms with Gasteiger partial charge in [0.1, 0.15) is 5.60 Å². The van der Waals surface area contributed by atoms with Gasteiger partial charge in [-0.3, -0.25) is 0 Å². The number of amides is 1. The second-order valence-electron chi connectivity index (χ2n) is 6.25. The SMILES string of the molecule is CC(C)(C)OC(=O)N1CCC(Cc2ccsc2)CC1. The molecule has 0 atom stereocenters. The molecule has 0 N–H and O–H groups in total. The van der Waals surface area contributed by atoms with E-state index in [-0.39, 0.29) is 6.09 Å². The molecule has 1 amide bonds. The molecule has 3 nitrogen and oxygen atoms in total. The highest BCUT2D eigenvalue weighted by atomic mass is 32.1. The summed E-state index contributed by atoms with van der Waals surface area (Å²) < 4.78 is 5.41. The van der Waals surface area contributed by atoms with Gasteiger partial charge in [0.25, 0.3) is 0 Å². The molecule has 4 heteroatoms. The first-order valence-corrected chi connectivity index (χ1v) is 7.87. The van der Waals surface area contributed by atoms with E-state index >= 15 is 0 Å². The highest BCUT2D eigenvalue weighted by Crippen LogP contribution is 2.23. The molecule has 1 fully saturated rings. The lowest BCUT2D eigenvalue weighted by molar-refractivity contribution is 0.0184. The monoisotopic (exact) mass is 281 g/mol. The molecule has 0 saturated carbocycles. The van der Waals surface area contributed by atoms with Gasteiger partial charge in [0, 0.05) is 13.1 Å². The number of thiophene rings is 1. The zero-order chi connectivity index (χ0) is 13.9. The van der Waals surface area contributed by atoms with E-state index in [9.17, 15) is 4.79 Å². The van der Waals surface area contributed by atoms with Crippen LogP contribution in [-0.4, -0.2) is 29.7 Å². The number of hydrogen-bond donors (Lipinski definition) is 0. The van der Waals surface area contributed by atoms with E-state index in [4.69, 9.17) is 4.74 Å². The zero-order valence-electron chi connectivity index (χ0n) is 12.0.